The van der Waals surface area contributed by atoms with Gasteiger partial charge in [0.15, 0.2) is 5.75 Å². The fourth-order valence-corrected chi connectivity index (χ4v) is 1.73. The summed E-state index contributed by atoms with van der Waals surface area (Å²) in [7, 11) is 0. The Hall–Kier alpha value is -2.64. The Balaban J connectivity index is 2.85. The van der Waals surface area contributed by atoms with Crippen LogP contribution in [-0.2, 0) is 4.79 Å². The molecule has 0 bridgehead atoms. The van der Waals surface area contributed by atoms with Crippen LogP contribution in [0.25, 0.3) is 0 Å². The van der Waals surface area contributed by atoms with E-state index in [9.17, 15) is 24.8 Å². The molecule has 8 heteroatoms. The number of amides is 1. The van der Waals surface area contributed by atoms with Crippen LogP contribution in [0.5, 0.6) is 5.75 Å². The summed E-state index contributed by atoms with van der Waals surface area (Å²) in [5.74, 6) is -2.50. The third-order valence-electron chi connectivity index (χ3n) is 2.88. The summed E-state index contributed by atoms with van der Waals surface area (Å²) < 4.78 is 0. The fourth-order valence-electron chi connectivity index (χ4n) is 1.73. The zero-order chi connectivity index (χ0) is 16.0. The molecule has 0 saturated carbocycles. The molecule has 1 unspecified atom stereocenters. The van der Waals surface area contributed by atoms with Gasteiger partial charge in [-0.3, -0.25) is 14.9 Å². The molecule has 1 atom stereocenters. The number of nitro benzene ring substituents is 1. The summed E-state index contributed by atoms with van der Waals surface area (Å²) in [5, 5.41) is 31.4. The molecule has 1 amide bonds. The molecule has 1 aromatic carbocycles. The zero-order valence-electron chi connectivity index (χ0n) is 11.4. The van der Waals surface area contributed by atoms with Gasteiger partial charge in [0.1, 0.15) is 6.04 Å². The Kier molecular flexibility index (Phi) is 5.65. The zero-order valence-corrected chi connectivity index (χ0v) is 11.4. The van der Waals surface area contributed by atoms with Crippen molar-refractivity contribution in [3.05, 3.63) is 33.9 Å². The number of carboxylic acids is 1. The standard InChI is InChI=1S/C13H16N2O6/c1-2-3-4-9(13(18)19)14-12(17)8-5-6-10(15(20)21)11(16)7-8/h5-7,9,16H,2-4H2,1H3,(H,14,17)(H,18,19). The first-order chi connectivity index (χ1) is 9.86. The van der Waals surface area contributed by atoms with Crippen LogP contribution in [0.1, 0.15) is 36.5 Å². The lowest BCUT2D eigenvalue weighted by Gasteiger charge is -2.14. The summed E-state index contributed by atoms with van der Waals surface area (Å²) in [6.45, 7) is 1.90. The molecule has 0 aliphatic carbocycles. The maximum Gasteiger partial charge on any atom is 0.326 e. The van der Waals surface area contributed by atoms with E-state index >= 15 is 0 Å². The molecule has 0 aliphatic rings. The smallest absolute Gasteiger partial charge is 0.326 e. The van der Waals surface area contributed by atoms with Crippen molar-refractivity contribution < 1.29 is 24.7 Å². The quantitative estimate of drug-likeness (QED) is 0.518. The minimum atomic E-state index is -1.15. The van der Waals surface area contributed by atoms with Crippen LogP contribution < -0.4 is 5.32 Å². The second-order valence-electron chi connectivity index (χ2n) is 4.47. The van der Waals surface area contributed by atoms with Crippen LogP contribution in [0.4, 0.5) is 5.69 Å². The van der Waals surface area contributed by atoms with Crippen LogP contribution in [0.2, 0.25) is 0 Å². The van der Waals surface area contributed by atoms with Gasteiger partial charge < -0.3 is 15.5 Å². The molecule has 0 aromatic heterocycles. The highest BCUT2D eigenvalue weighted by Crippen LogP contribution is 2.26. The lowest BCUT2D eigenvalue weighted by atomic mass is 10.1. The monoisotopic (exact) mass is 296 g/mol. The third kappa shape index (κ3) is 4.44. The number of rotatable bonds is 7. The summed E-state index contributed by atoms with van der Waals surface area (Å²) in [5.41, 5.74) is -0.562. The largest absolute Gasteiger partial charge is 0.502 e. The fraction of sp³-hybridized carbons (Fsp3) is 0.385. The van der Waals surface area contributed by atoms with Crippen molar-refractivity contribution in [2.75, 3.05) is 0 Å². The van der Waals surface area contributed by atoms with Gasteiger partial charge in [0.05, 0.1) is 4.92 Å². The number of benzene rings is 1. The predicted molar refractivity (Wildman–Crippen MR) is 73.2 cm³/mol. The van der Waals surface area contributed by atoms with Gasteiger partial charge in [0.2, 0.25) is 0 Å². The lowest BCUT2D eigenvalue weighted by molar-refractivity contribution is -0.385. The SMILES string of the molecule is CCCCC(NC(=O)c1ccc([N+](=O)[O-])c(O)c1)C(=O)O. The molecule has 0 aliphatic heterocycles. The first-order valence-electron chi connectivity index (χ1n) is 6.37. The number of aromatic hydroxyl groups is 1. The van der Waals surface area contributed by atoms with E-state index in [-0.39, 0.29) is 12.0 Å². The average Bonchev–Trinajstić information content (AvgIpc) is 2.42. The van der Waals surface area contributed by atoms with E-state index in [0.717, 1.165) is 24.6 Å². The van der Waals surface area contributed by atoms with Crippen molar-refractivity contribution in [2.24, 2.45) is 0 Å². The second kappa shape index (κ2) is 7.22. The number of unbranched alkanes of at least 4 members (excludes halogenated alkanes) is 1. The molecule has 114 valence electrons. The lowest BCUT2D eigenvalue weighted by Crippen LogP contribution is -2.40. The van der Waals surface area contributed by atoms with Gasteiger partial charge in [0.25, 0.3) is 5.91 Å². The molecule has 0 heterocycles. The molecule has 1 rings (SSSR count). The van der Waals surface area contributed by atoms with Crippen LogP contribution in [0.15, 0.2) is 18.2 Å². The number of hydrogen-bond donors (Lipinski definition) is 3. The second-order valence-corrected chi connectivity index (χ2v) is 4.47. The third-order valence-corrected chi connectivity index (χ3v) is 2.88. The van der Waals surface area contributed by atoms with Gasteiger partial charge in [0, 0.05) is 11.6 Å². The van der Waals surface area contributed by atoms with Crippen LogP contribution in [0.3, 0.4) is 0 Å². The maximum absolute atomic E-state index is 11.9. The van der Waals surface area contributed by atoms with Crippen molar-refractivity contribution in [2.45, 2.75) is 32.2 Å². The molecular formula is C13H16N2O6. The van der Waals surface area contributed by atoms with Gasteiger partial charge in [-0.1, -0.05) is 19.8 Å². The molecular weight excluding hydrogens is 280 g/mol. The molecule has 3 N–H and O–H groups in total. The number of carbonyl (C=O) groups is 2. The number of carbonyl (C=O) groups excluding carboxylic acids is 1. The predicted octanol–water partition coefficient (Wildman–Crippen LogP) is 1.67. The van der Waals surface area contributed by atoms with E-state index in [1.54, 1.807) is 0 Å². The number of phenolic OH excluding ortho intramolecular Hbond substituents is 1. The number of phenols is 1. The summed E-state index contributed by atoms with van der Waals surface area (Å²) in [6, 6.07) is 2.05. The normalized spacial score (nSPS) is 11.7. The van der Waals surface area contributed by atoms with Crippen LogP contribution in [0, 0.1) is 10.1 Å². The molecule has 0 radical (unpaired) electrons. The maximum atomic E-state index is 11.9. The molecule has 0 saturated heterocycles. The average molecular weight is 296 g/mol. The molecule has 0 spiro atoms. The summed E-state index contributed by atoms with van der Waals surface area (Å²) >= 11 is 0. The van der Waals surface area contributed by atoms with Gasteiger partial charge in [-0.25, -0.2) is 4.79 Å². The number of nitrogens with one attached hydrogen (secondary N) is 1. The Labute approximate surface area is 120 Å². The van der Waals surface area contributed by atoms with Crippen LogP contribution >= 0.6 is 0 Å². The van der Waals surface area contributed by atoms with E-state index in [0.29, 0.717) is 6.42 Å². The summed E-state index contributed by atoms with van der Waals surface area (Å²) in [6.07, 6.45) is 1.72. The molecule has 1 aromatic rings. The highest BCUT2D eigenvalue weighted by molar-refractivity contribution is 5.97. The number of aliphatic carboxylic acids is 1. The topological polar surface area (TPSA) is 130 Å². The van der Waals surface area contributed by atoms with Crippen LogP contribution in [-0.4, -0.2) is 33.1 Å². The van der Waals surface area contributed by atoms with Crippen molar-refractivity contribution in [3.8, 4) is 5.75 Å². The van der Waals surface area contributed by atoms with Crippen molar-refractivity contribution in [1.82, 2.24) is 5.32 Å². The van der Waals surface area contributed by atoms with Gasteiger partial charge in [-0.15, -0.1) is 0 Å². The Morgan fingerprint density at radius 1 is 1.43 bits per heavy atom. The first-order valence-corrected chi connectivity index (χ1v) is 6.37. The van der Waals surface area contributed by atoms with Gasteiger partial charge in [-0.05, 0) is 18.6 Å². The molecule has 8 nitrogen and oxygen atoms in total. The van der Waals surface area contributed by atoms with Crippen molar-refractivity contribution in [1.29, 1.82) is 0 Å². The van der Waals surface area contributed by atoms with Crippen molar-refractivity contribution in [3.63, 3.8) is 0 Å². The Morgan fingerprint density at radius 3 is 2.57 bits per heavy atom. The Morgan fingerprint density at radius 2 is 2.10 bits per heavy atom. The van der Waals surface area contributed by atoms with E-state index in [1.807, 2.05) is 6.92 Å². The first kappa shape index (κ1) is 16.4. The number of nitrogens with zero attached hydrogens (tertiary/aromatic N) is 1. The number of carboxylic acid groups (broad SMARTS) is 1. The Bertz CT molecular complexity index is 558. The van der Waals surface area contributed by atoms with E-state index in [2.05, 4.69) is 5.32 Å². The highest BCUT2D eigenvalue weighted by atomic mass is 16.6. The molecule has 21 heavy (non-hydrogen) atoms. The minimum absolute atomic E-state index is 0.0409. The van der Waals surface area contributed by atoms with E-state index < -0.39 is 34.3 Å². The number of hydrogen-bond acceptors (Lipinski definition) is 5. The highest BCUT2D eigenvalue weighted by Gasteiger charge is 2.21. The van der Waals surface area contributed by atoms with Gasteiger partial charge in [-0.2, -0.15) is 0 Å². The summed E-state index contributed by atoms with van der Waals surface area (Å²) in [4.78, 5) is 32.7. The van der Waals surface area contributed by atoms with Crippen molar-refractivity contribution >= 4 is 17.6 Å². The number of nitro groups is 1. The molecule has 0 fully saturated rings. The van der Waals surface area contributed by atoms with Gasteiger partial charge >= 0.3 is 11.7 Å². The minimum Gasteiger partial charge on any atom is -0.502 e. The van der Waals surface area contributed by atoms with E-state index in [4.69, 9.17) is 5.11 Å². The van der Waals surface area contributed by atoms with E-state index in [1.165, 1.54) is 0 Å².